The SMILES string of the molecule is CC(C)Cc1ccc(S(=O)(=O)Nc2ccc(CN3CCCCC3)cc2)cc1. The Labute approximate surface area is 163 Å². The molecular weight excluding hydrogens is 356 g/mol. The number of rotatable bonds is 7. The van der Waals surface area contributed by atoms with E-state index < -0.39 is 10.0 Å². The number of anilines is 1. The molecule has 27 heavy (non-hydrogen) atoms. The van der Waals surface area contributed by atoms with Crippen molar-refractivity contribution in [2.24, 2.45) is 5.92 Å². The van der Waals surface area contributed by atoms with Crippen molar-refractivity contribution in [1.82, 2.24) is 4.90 Å². The van der Waals surface area contributed by atoms with E-state index in [0.717, 1.165) is 31.6 Å². The van der Waals surface area contributed by atoms with E-state index in [-0.39, 0.29) is 0 Å². The van der Waals surface area contributed by atoms with Gasteiger partial charge in [-0.3, -0.25) is 9.62 Å². The molecule has 0 aromatic heterocycles. The van der Waals surface area contributed by atoms with Crippen LogP contribution in [0.15, 0.2) is 53.4 Å². The van der Waals surface area contributed by atoms with E-state index in [1.54, 1.807) is 12.1 Å². The van der Waals surface area contributed by atoms with Crippen molar-refractivity contribution in [2.75, 3.05) is 17.8 Å². The summed E-state index contributed by atoms with van der Waals surface area (Å²) in [6.07, 6.45) is 4.82. The van der Waals surface area contributed by atoms with Crippen LogP contribution in [0.4, 0.5) is 5.69 Å². The molecule has 2 aromatic carbocycles. The second-order valence-electron chi connectivity index (χ2n) is 7.88. The number of hydrogen-bond donors (Lipinski definition) is 1. The van der Waals surface area contributed by atoms with Crippen LogP contribution in [0, 0.1) is 5.92 Å². The Morgan fingerprint density at radius 3 is 2.07 bits per heavy atom. The van der Waals surface area contributed by atoms with Crippen molar-refractivity contribution in [3.63, 3.8) is 0 Å². The molecule has 5 heteroatoms. The minimum Gasteiger partial charge on any atom is -0.299 e. The first-order valence-corrected chi connectivity index (χ1v) is 11.3. The van der Waals surface area contributed by atoms with Crippen molar-refractivity contribution < 1.29 is 8.42 Å². The second kappa shape index (κ2) is 8.89. The molecule has 0 atom stereocenters. The predicted octanol–water partition coefficient (Wildman–Crippen LogP) is 4.67. The van der Waals surface area contributed by atoms with Gasteiger partial charge in [-0.25, -0.2) is 8.42 Å². The molecular formula is C22H30N2O2S. The number of piperidine rings is 1. The molecule has 0 radical (unpaired) electrons. The molecule has 0 saturated carbocycles. The summed E-state index contributed by atoms with van der Waals surface area (Å²) in [5, 5.41) is 0. The minimum atomic E-state index is -3.56. The lowest BCUT2D eigenvalue weighted by atomic mass is 10.0. The summed E-state index contributed by atoms with van der Waals surface area (Å²) in [6.45, 7) is 7.55. The van der Waals surface area contributed by atoms with Crippen LogP contribution in [0.25, 0.3) is 0 Å². The molecule has 0 unspecified atom stereocenters. The summed E-state index contributed by atoms with van der Waals surface area (Å²) >= 11 is 0. The normalized spacial score (nSPS) is 15.8. The van der Waals surface area contributed by atoms with E-state index in [4.69, 9.17) is 0 Å². The van der Waals surface area contributed by atoms with Crippen molar-refractivity contribution in [3.8, 4) is 0 Å². The Hall–Kier alpha value is -1.85. The molecule has 1 aliphatic rings. The highest BCUT2D eigenvalue weighted by Gasteiger charge is 2.15. The van der Waals surface area contributed by atoms with E-state index in [0.29, 0.717) is 16.5 Å². The van der Waals surface area contributed by atoms with Gasteiger partial charge in [0.15, 0.2) is 0 Å². The zero-order valence-corrected chi connectivity index (χ0v) is 17.1. The van der Waals surface area contributed by atoms with Gasteiger partial charge in [0.1, 0.15) is 0 Å². The molecule has 1 heterocycles. The predicted molar refractivity (Wildman–Crippen MR) is 111 cm³/mol. The Morgan fingerprint density at radius 1 is 0.889 bits per heavy atom. The fourth-order valence-corrected chi connectivity index (χ4v) is 4.60. The molecule has 0 aliphatic carbocycles. The standard InChI is InChI=1S/C22H30N2O2S/c1-18(2)16-19-8-12-22(13-9-19)27(25,26)23-21-10-6-20(7-11-21)17-24-14-4-3-5-15-24/h6-13,18,23H,3-5,14-17H2,1-2H3. The van der Waals surface area contributed by atoms with Crippen LogP contribution in [0.5, 0.6) is 0 Å². The first-order chi connectivity index (χ1) is 12.9. The van der Waals surface area contributed by atoms with Crippen LogP contribution in [0.2, 0.25) is 0 Å². The molecule has 1 aliphatic heterocycles. The number of likely N-dealkylation sites (tertiary alicyclic amines) is 1. The smallest absolute Gasteiger partial charge is 0.261 e. The number of nitrogens with one attached hydrogen (secondary N) is 1. The third-order valence-electron chi connectivity index (χ3n) is 4.94. The monoisotopic (exact) mass is 386 g/mol. The summed E-state index contributed by atoms with van der Waals surface area (Å²) in [6, 6.07) is 14.9. The summed E-state index contributed by atoms with van der Waals surface area (Å²) in [4.78, 5) is 2.76. The molecule has 3 rings (SSSR count). The average molecular weight is 387 g/mol. The second-order valence-corrected chi connectivity index (χ2v) is 9.56. The number of benzene rings is 2. The molecule has 1 N–H and O–H groups in total. The number of sulfonamides is 1. The molecule has 0 amide bonds. The fourth-order valence-electron chi connectivity index (χ4n) is 3.54. The zero-order valence-electron chi connectivity index (χ0n) is 16.3. The quantitative estimate of drug-likeness (QED) is 0.752. The third-order valence-corrected chi connectivity index (χ3v) is 6.34. The van der Waals surface area contributed by atoms with Crippen LogP contribution >= 0.6 is 0 Å². The molecule has 1 fully saturated rings. The van der Waals surface area contributed by atoms with Gasteiger partial charge in [-0.2, -0.15) is 0 Å². The molecule has 2 aromatic rings. The van der Waals surface area contributed by atoms with Crippen LogP contribution in [-0.2, 0) is 23.0 Å². The van der Waals surface area contributed by atoms with E-state index in [2.05, 4.69) is 23.5 Å². The van der Waals surface area contributed by atoms with Crippen LogP contribution in [0.3, 0.4) is 0 Å². The number of hydrogen-bond acceptors (Lipinski definition) is 3. The highest BCUT2D eigenvalue weighted by molar-refractivity contribution is 7.92. The van der Waals surface area contributed by atoms with Crippen LogP contribution in [0.1, 0.15) is 44.2 Å². The van der Waals surface area contributed by atoms with Crippen molar-refractivity contribution >= 4 is 15.7 Å². The van der Waals surface area contributed by atoms with Gasteiger partial charge in [0.2, 0.25) is 0 Å². The van der Waals surface area contributed by atoms with E-state index in [1.807, 2.05) is 36.4 Å². The Bertz CT molecular complexity index is 822. The lowest BCUT2D eigenvalue weighted by molar-refractivity contribution is 0.221. The van der Waals surface area contributed by atoms with Gasteiger partial charge in [-0.05, 0) is 73.7 Å². The number of nitrogens with zero attached hydrogens (tertiary/aromatic N) is 1. The van der Waals surface area contributed by atoms with Gasteiger partial charge in [0.05, 0.1) is 4.90 Å². The van der Waals surface area contributed by atoms with Gasteiger partial charge >= 0.3 is 0 Å². The van der Waals surface area contributed by atoms with E-state index >= 15 is 0 Å². The molecule has 146 valence electrons. The van der Waals surface area contributed by atoms with Crippen molar-refractivity contribution in [3.05, 3.63) is 59.7 Å². The molecule has 0 spiro atoms. The highest BCUT2D eigenvalue weighted by atomic mass is 32.2. The van der Waals surface area contributed by atoms with Gasteiger partial charge < -0.3 is 0 Å². The zero-order chi connectivity index (χ0) is 19.3. The maximum atomic E-state index is 12.6. The fraction of sp³-hybridized carbons (Fsp3) is 0.455. The lowest BCUT2D eigenvalue weighted by Gasteiger charge is -2.26. The Balaban J connectivity index is 1.63. The summed E-state index contributed by atoms with van der Waals surface area (Å²) in [5.74, 6) is 0.550. The summed E-state index contributed by atoms with van der Waals surface area (Å²) < 4.78 is 27.9. The van der Waals surface area contributed by atoms with Crippen molar-refractivity contribution in [1.29, 1.82) is 0 Å². The average Bonchev–Trinajstić information content (AvgIpc) is 2.64. The van der Waals surface area contributed by atoms with Gasteiger partial charge in [0.25, 0.3) is 10.0 Å². The first-order valence-electron chi connectivity index (χ1n) is 9.85. The summed E-state index contributed by atoms with van der Waals surface area (Å²) in [7, 11) is -3.56. The summed E-state index contributed by atoms with van der Waals surface area (Å²) in [5.41, 5.74) is 2.98. The maximum Gasteiger partial charge on any atom is 0.261 e. The maximum absolute atomic E-state index is 12.6. The Morgan fingerprint density at radius 2 is 1.48 bits per heavy atom. The van der Waals surface area contributed by atoms with Gasteiger partial charge in [-0.1, -0.05) is 44.5 Å². The van der Waals surface area contributed by atoms with Crippen LogP contribution in [-0.4, -0.2) is 26.4 Å². The van der Waals surface area contributed by atoms with Gasteiger partial charge in [-0.15, -0.1) is 0 Å². The van der Waals surface area contributed by atoms with Crippen LogP contribution < -0.4 is 4.72 Å². The largest absolute Gasteiger partial charge is 0.299 e. The minimum absolute atomic E-state index is 0.299. The highest BCUT2D eigenvalue weighted by Crippen LogP contribution is 2.19. The first kappa shape index (κ1) is 19.9. The molecule has 4 nitrogen and oxygen atoms in total. The van der Waals surface area contributed by atoms with E-state index in [9.17, 15) is 8.42 Å². The third kappa shape index (κ3) is 5.81. The van der Waals surface area contributed by atoms with E-state index in [1.165, 1.54) is 24.8 Å². The Kier molecular flexibility index (Phi) is 6.55. The van der Waals surface area contributed by atoms with Crippen molar-refractivity contribution in [2.45, 2.75) is 51.0 Å². The van der Waals surface area contributed by atoms with Gasteiger partial charge in [0, 0.05) is 12.2 Å². The lowest BCUT2D eigenvalue weighted by Crippen LogP contribution is -2.29. The molecule has 1 saturated heterocycles. The molecule has 0 bridgehead atoms. The topological polar surface area (TPSA) is 49.4 Å².